The molecule has 0 aliphatic carbocycles. The number of carbonyl (C=O) groups excluding carboxylic acids is 6. The molecule has 33 nitrogen and oxygen atoms in total. The Labute approximate surface area is 576 Å². The van der Waals surface area contributed by atoms with Gasteiger partial charge in [-0.1, -0.05) is 66.5 Å². The molecule has 1 fully saturated rings. The Hall–Kier alpha value is -8.41. The summed E-state index contributed by atoms with van der Waals surface area (Å²) in [5, 5.41) is 93.6. The molecule has 1 aromatic carbocycles. The molecule has 0 unspecified atom stereocenters. The predicted molar refractivity (Wildman–Crippen MR) is 358 cm³/mol. The van der Waals surface area contributed by atoms with Crippen molar-refractivity contribution in [3.8, 4) is 0 Å². The summed E-state index contributed by atoms with van der Waals surface area (Å²) in [5.41, 5.74) is 0.0724. The quantitative estimate of drug-likeness (QED) is 0.0248. The fourth-order valence-corrected chi connectivity index (χ4v) is 16.2. The number of benzene rings is 1. The smallest absolute Gasteiger partial charge is 0.326 e. The van der Waals surface area contributed by atoms with Crippen LogP contribution in [0.15, 0.2) is 24.3 Å². The van der Waals surface area contributed by atoms with E-state index in [1.54, 1.807) is 0 Å². The van der Waals surface area contributed by atoms with Crippen LogP contribution in [0.2, 0.25) is 10.1 Å². The molecule has 0 saturated carbocycles. The van der Waals surface area contributed by atoms with Crippen LogP contribution in [0.4, 0.5) is 8.90 Å². The van der Waals surface area contributed by atoms with Gasteiger partial charge in [0.05, 0.1) is 19.6 Å². The van der Waals surface area contributed by atoms with E-state index in [0.717, 1.165) is 0 Å². The number of nitrogens with zero attached hydrogens (tertiary/aromatic N) is 4. The van der Waals surface area contributed by atoms with Gasteiger partial charge in [0.1, 0.15) is 30.2 Å². The zero-order valence-electron chi connectivity index (χ0n) is 57.6. The van der Waals surface area contributed by atoms with Gasteiger partial charge in [0.25, 0.3) is 14.3 Å². The molecular weight excluding hydrogens is 1320 g/mol. The van der Waals surface area contributed by atoms with E-state index in [1.807, 2.05) is 41.5 Å². The molecular formula is C64H104FN11O22Si. The van der Waals surface area contributed by atoms with Crippen LogP contribution in [-0.4, -0.2) is 274 Å². The molecule has 0 aromatic heterocycles. The van der Waals surface area contributed by atoms with Crippen LogP contribution >= 0.6 is 0 Å². The highest BCUT2D eigenvalue weighted by atomic mass is 28.4. The number of carboxylic acids is 8. The Bertz CT molecular complexity index is 2830. The van der Waals surface area contributed by atoms with Gasteiger partial charge in [-0.3, -0.25) is 67.5 Å². The third-order valence-corrected chi connectivity index (χ3v) is 22.1. The van der Waals surface area contributed by atoms with Gasteiger partial charge < -0.3 is 82.2 Å². The van der Waals surface area contributed by atoms with Crippen LogP contribution in [0, 0.1) is 0 Å². The summed E-state index contributed by atoms with van der Waals surface area (Å²) in [6, 6.07) is -2.49. The fourth-order valence-electron chi connectivity index (χ4n) is 11.6. The number of unbranched alkanes of at least 4 members (excludes halogenated alkanes) is 5. The Morgan fingerprint density at radius 3 is 1.21 bits per heavy atom. The Morgan fingerprint density at radius 2 is 0.828 bits per heavy atom. The molecule has 1 aliphatic rings. The van der Waals surface area contributed by atoms with Crippen molar-refractivity contribution in [2.75, 3.05) is 91.6 Å². The van der Waals surface area contributed by atoms with Gasteiger partial charge in [0.15, 0.2) is 0 Å². The molecule has 0 bridgehead atoms. The summed E-state index contributed by atoms with van der Waals surface area (Å²) in [5.74, 6) is -13.5. The van der Waals surface area contributed by atoms with E-state index in [-0.39, 0.29) is 147 Å². The van der Waals surface area contributed by atoms with E-state index >= 15 is 4.11 Å². The Kier molecular flexibility index (Phi) is 38.4. The molecule has 1 aliphatic heterocycles. The molecule has 7 amide bonds. The fraction of sp³-hybridized carbons (Fsp3) is 0.688. The first-order chi connectivity index (χ1) is 46.3. The van der Waals surface area contributed by atoms with Gasteiger partial charge in [0.2, 0.25) is 23.6 Å². The van der Waals surface area contributed by atoms with Gasteiger partial charge in [0, 0.05) is 103 Å². The van der Waals surface area contributed by atoms with Crippen LogP contribution < -0.4 is 42.4 Å². The van der Waals surface area contributed by atoms with E-state index in [2.05, 4.69) is 37.2 Å². The molecule has 35 heteroatoms. The number of urea groups is 1. The van der Waals surface area contributed by atoms with Crippen molar-refractivity contribution < 1.29 is 112 Å². The molecule has 99 heavy (non-hydrogen) atoms. The van der Waals surface area contributed by atoms with Crippen LogP contribution in [-0.2, 0) is 57.5 Å². The minimum absolute atomic E-state index is 0.0218. The number of nitrogens with one attached hydrogen (secondary N) is 7. The topological polar surface area (TPSA) is 498 Å². The highest BCUT2D eigenvalue weighted by Crippen LogP contribution is 2.51. The van der Waals surface area contributed by atoms with Gasteiger partial charge in [-0.05, 0) is 98.0 Å². The molecule has 1 saturated heterocycles. The van der Waals surface area contributed by atoms with Crippen LogP contribution in [0.5, 0.6) is 0 Å². The SMILES string of the molecule is CC(C)(C)[Si](F)(c1ccc(C(=O)NC[C@H](NC(=O)CC[C@@H](C(=O)O)N2CCN(CC(=O)O)CCN(CC(=O)O)CCN(CC(=O)O)CC2)C(=O)N[C@H](CCCCNC(=O)CCCCCCC(=O)NCCCC[C@H](NC(=O)N[C@@H](CCCC(=O)O)C(=O)O)C(=O)O)C(=O)O)cc1)C(C)(C)C. The highest BCUT2D eigenvalue weighted by Gasteiger charge is 2.56. The van der Waals surface area contributed by atoms with E-state index < -0.39 is 159 Å². The van der Waals surface area contributed by atoms with E-state index in [0.29, 0.717) is 37.3 Å². The zero-order chi connectivity index (χ0) is 74.6. The average molecular weight is 1430 g/mol. The monoisotopic (exact) mass is 1430 g/mol. The number of halogens is 1. The molecule has 558 valence electrons. The first kappa shape index (κ1) is 86.7. The van der Waals surface area contributed by atoms with Gasteiger partial charge in [-0.15, -0.1) is 0 Å². The number of rotatable bonds is 44. The lowest BCUT2D eigenvalue weighted by Crippen LogP contribution is -2.58. The summed E-state index contributed by atoms with van der Waals surface area (Å²) >= 11 is 0. The number of hydrogen-bond acceptors (Lipinski definition) is 18. The molecule has 0 radical (unpaired) electrons. The lowest BCUT2D eigenvalue weighted by atomic mass is 10.1. The maximum atomic E-state index is 17.1. The van der Waals surface area contributed by atoms with E-state index in [4.69, 9.17) is 5.11 Å². The third-order valence-electron chi connectivity index (χ3n) is 16.8. The summed E-state index contributed by atoms with van der Waals surface area (Å²) in [7, 11) is -3.74. The number of carboxylic acid groups (broad SMARTS) is 8. The second-order valence-electron chi connectivity index (χ2n) is 26.7. The summed E-state index contributed by atoms with van der Waals surface area (Å²) < 4.78 is 17.1. The Balaban J connectivity index is 2.08. The van der Waals surface area contributed by atoms with E-state index in [1.165, 1.54) is 43.9 Å². The van der Waals surface area contributed by atoms with Gasteiger partial charge in [-0.25, -0.2) is 19.2 Å². The first-order valence-electron chi connectivity index (χ1n) is 33.3. The second-order valence-corrected chi connectivity index (χ2v) is 31.6. The largest absolute Gasteiger partial charge is 0.481 e. The second kappa shape index (κ2) is 43.9. The van der Waals surface area contributed by atoms with Crippen molar-refractivity contribution in [2.45, 2.75) is 191 Å². The predicted octanol–water partition coefficient (Wildman–Crippen LogP) is 1.28. The summed E-state index contributed by atoms with van der Waals surface area (Å²) in [4.78, 5) is 180. The van der Waals surface area contributed by atoms with Crippen LogP contribution in [0.3, 0.4) is 0 Å². The maximum Gasteiger partial charge on any atom is 0.326 e. The zero-order valence-corrected chi connectivity index (χ0v) is 58.6. The van der Waals surface area contributed by atoms with Crippen molar-refractivity contribution in [1.29, 1.82) is 0 Å². The first-order valence-corrected chi connectivity index (χ1v) is 35.2. The minimum Gasteiger partial charge on any atom is -0.481 e. The molecule has 1 heterocycles. The maximum absolute atomic E-state index is 17.1. The van der Waals surface area contributed by atoms with Crippen molar-refractivity contribution >= 4 is 96.9 Å². The number of amides is 7. The summed E-state index contributed by atoms with van der Waals surface area (Å²) in [6.07, 6.45) is 2.12. The van der Waals surface area contributed by atoms with Crippen LogP contribution in [0.1, 0.15) is 161 Å². The third kappa shape index (κ3) is 33.8. The van der Waals surface area contributed by atoms with Gasteiger partial charge in [-0.2, -0.15) is 0 Å². The minimum atomic E-state index is -3.74. The molecule has 1 aromatic rings. The van der Waals surface area contributed by atoms with Gasteiger partial charge >= 0.3 is 53.8 Å². The number of hydrogen-bond donors (Lipinski definition) is 15. The average Bonchev–Trinajstić information content (AvgIpc) is 0.749. The van der Waals surface area contributed by atoms with E-state index in [9.17, 15) is 103 Å². The summed E-state index contributed by atoms with van der Waals surface area (Å²) in [6.45, 7) is 9.36. The molecule has 2 rings (SSSR count). The van der Waals surface area contributed by atoms with Crippen molar-refractivity contribution in [3.05, 3.63) is 29.8 Å². The lowest BCUT2D eigenvalue weighted by Gasteiger charge is -2.44. The highest BCUT2D eigenvalue weighted by molar-refractivity contribution is 6.90. The van der Waals surface area contributed by atoms with Crippen molar-refractivity contribution in [1.82, 2.24) is 56.8 Å². The molecule has 15 N–H and O–H groups in total. The lowest BCUT2D eigenvalue weighted by molar-refractivity contribution is -0.145. The molecule has 5 atom stereocenters. The number of carbonyl (C=O) groups is 14. The standard InChI is InChI=1S/C64H104FN11O22Si/c1-63(2,3)99(65,64(4,5)6)43-24-22-42(23-25-43)56(88)68-38-47(69-51(79)27-26-48(61(96)97)76-36-34-74(40-54(84)85)32-30-73(39-53(82)83)31-33-75(35-37-76)41-55(86)87)57(89)70-44(58(90)91)16-11-13-28-66-49(77)19-9-7-8-10-20-50(78)67-29-14-12-17-45(59(92)93)71-62(98)72-46(60(94)95)18-15-21-52(80)81/h22-25,44-48H,7-21,26-41H2,1-6H3,(H,66,77)(H,67,78)(H,68,88)(H,69,79)(H,70,89)(H,80,81)(H,82,83)(H,84,85)(H,86,87)(H,90,91)(H,92,93)(H,94,95)(H,96,97)(H2,71,72,98)/t44-,45+,46+,47+,48+/m1/s1. The van der Waals surface area contributed by atoms with Crippen LogP contribution in [0.25, 0.3) is 0 Å². The number of aliphatic carboxylic acids is 8. The normalized spacial score (nSPS) is 15.5. The van der Waals surface area contributed by atoms with Crippen molar-refractivity contribution in [2.24, 2.45) is 0 Å². The van der Waals surface area contributed by atoms with Crippen molar-refractivity contribution in [3.63, 3.8) is 0 Å². The molecule has 0 spiro atoms. The Morgan fingerprint density at radius 1 is 0.424 bits per heavy atom.